The zero-order chi connectivity index (χ0) is 21.1. The summed E-state index contributed by atoms with van der Waals surface area (Å²) < 4.78 is 17.7. The topological polar surface area (TPSA) is 76.5 Å². The van der Waals surface area contributed by atoms with E-state index in [-0.39, 0.29) is 17.9 Å². The van der Waals surface area contributed by atoms with Crippen molar-refractivity contribution in [3.05, 3.63) is 79.5 Å². The van der Waals surface area contributed by atoms with Crippen molar-refractivity contribution in [1.82, 2.24) is 19.3 Å². The molecule has 2 aromatic heterocycles. The van der Waals surface area contributed by atoms with Crippen LogP contribution in [0.15, 0.2) is 41.7 Å². The van der Waals surface area contributed by atoms with Crippen molar-refractivity contribution in [3.63, 3.8) is 0 Å². The zero-order valence-electron chi connectivity index (χ0n) is 16.3. The molecule has 6 nitrogen and oxygen atoms in total. The van der Waals surface area contributed by atoms with Gasteiger partial charge in [0.15, 0.2) is 5.82 Å². The summed E-state index contributed by atoms with van der Waals surface area (Å²) in [6, 6.07) is 8.17. The van der Waals surface area contributed by atoms with Crippen LogP contribution < -0.4 is 14.8 Å². The number of aryl methyl sites for hydroxylation is 1. The molecule has 0 saturated carbocycles. The number of fused-ring (bicyclic) bond motifs is 1. The molecule has 0 atom stereocenters. The number of rotatable bonds is 4. The number of hydrogen-bond donors (Lipinski definition) is 0. The lowest BCUT2D eigenvalue weighted by molar-refractivity contribution is 0.626. The Labute approximate surface area is 176 Å². The van der Waals surface area contributed by atoms with E-state index in [2.05, 4.69) is 22.8 Å². The SMILES string of the molecule is C=CCn1c(=C(C#N)c2nnc3n2CCCCC3)sc(=Cc2ccc(F)cc2)c1=O. The molecule has 8 heteroatoms. The van der Waals surface area contributed by atoms with Crippen LogP contribution in [0.25, 0.3) is 11.6 Å². The second-order valence-electron chi connectivity index (χ2n) is 7.06. The highest BCUT2D eigenvalue weighted by atomic mass is 32.1. The molecule has 1 aliphatic rings. The van der Waals surface area contributed by atoms with Gasteiger partial charge in [0.25, 0.3) is 5.56 Å². The summed E-state index contributed by atoms with van der Waals surface area (Å²) in [7, 11) is 0. The molecule has 3 aromatic rings. The molecule has 0 unspecified atom stereocenters. The van der Waals surface area contributed by atoms with Crippen molar-refractivity contribution < 1.29 is 4.39 Å². The fraction of sp³-hybridized carbons (Fsp3) is 0.273. The van der Waals surface area contributed by atoms with E-state index in [1.165, 1.54) is 28.0 Å². The Bertz CT molecular complexity index is 1310. The third-order valence-corrected chi connectivity index (χ3v) is 6.18. The predicted molar refractivity (Wildman–Crippen MR) is 114 cm³/mol. The molecule has 30 heavy (non-hydrogen) atoms. The maximum Gasteiger partial charge on any atom is 0.269 e. The van der Waals surface area contributed by atoms with Crippen molar-refractivity contribution >= 4 is 23.0 Å². The molecule has 0 N–H and O–H groups in total. The molecule has 0 aliphatic carbocycles. The molecule has 152 valence electrons. The highest BCUT2D eigenvalue weighted by Crippen LogP contribution is 2.18. The summed E-state index contributed by atoms with van der Waals surface area (Å²) >= 11 is 1.22. The zero-order valence-corrected chi connectivity index (χ0v) is 17.2. The van der Waals surface area contributed by atoms with Crippen molar-refractivity contribution in [3.8, 4) is 6.07 Å². The van der Waals surface area contributed by atoms with Gasteiger partial charge in [-0.3, -0.25) is 9.36 Å². The maximum absolute atomic E-state index is 13.2. The molecular formula is C22H20FN5OS. The third kappa shape index (κ3) is 3.76. The van der Waals surface area contributed by atoms with E-state index in [9.17, 15) is 14.4 Å². The van der Waals surface area contributed by atoms with Gasteiger partial charge in [-0.2, -0.15) is 5.26 Å². The van der Waals surface area contributed by atoms with Crippen LogP contribution in [0.1, 0.15) is 36.5 Å². The van der Waals surface area contributed by atoms with E-state index in [0.717, 1.165) is 38.1 Å². The Kier molecular flexibility index (Phi) is 5.72. The van der Waals surface area contributed by atoms with Gasteiger partial charge in [-0.15, -0.1) is 28.1 Å². The Morgan fingerprint density at radius 3 is 2.80 bits per heavy atom. The van der Waals surface area contributed by atoms with Gasteiger partial charge in [-0.05, 0) is 36.6 Å². The fourth-order valence-electron chi connectivity index (χ4n) is 3.57. The van der Waals surface area contributed by atoms with E-state index in [0.29, 0.717) is 26.2 Å². The number of hydrogen-bond acceptors (Lipinski definition) is 5. The van der Waals surface area contributed by atoms with Gasteiger partial charge in [0.2, 0.25) is 0 Å². The highest BCUT2D eigenvalue weighted by Gasteiger charge is 2.20. The lowest BCUT2D eigenvalue weighted by Gasteiger charge is -2.06. The number of allylic oxidation sites excluding steroid dienone is 1. The van der Waals surface area contributed by atoms with Crippen LogP contribution >= 0.6 is 11.3 Å². The van der Waals surface area contributed by atoms with Crippen molar-refractivity contribution in [2.75, 3.05) is 0 Å². The van der Waals surface area contributed by atoms with Crippen LogP contribution in [-0.4, -0.2) is 19.3 Å². The quantitative estimate of drug-likeness (QED) is 0.605. The van der Waals surface area contributed by atoms with E-state index in [4.69, 9.17) is 0 Å². The van der Waals surface area contributed by atoms with Crippen LogP contribution in [0, 0.1) is 17.1 Å². The standard InChI is InChI=1S/C22H20FN5OS/c1-2-11-28-21(29)18(13-15-7-9-16(23)10-8-15)30-22(28)17(14-24)20-26-25-19-6-4-3-5-12-27(19)20/h2,7-10,13H,1,3-6,11-12H2. The lowest BCUT2D eigenvalue weighted by Crippen LogP contribution is -2.32. The number of nitrogens with zero attached hydrogens (tertiary/aromatic N) is 5. The Balaban J connectivity index is 1.97. The molecule has 0 saturated heterocycles. The minimum absolute atomic E-state index is 0.220. The first-order chi connectivity index (χ1) is 14.6. The van der Waals surface area contributed by atoms with Gasteiger partial charge in [0.1, 0.15) is 27.9 Å². The normalized spacial score (nSPS) is 15.3. The molecule has 3 heterocycles. The van der Waals surface area contributed by atoms with Crippen LogP contribution in [0.2, 0.25) is 0 Å². The number of aromatic nitrogens is 4. The third-order valence-electron chi connectivity index (χ3n) is 5.05. The van der Waals surface area contributed by atoms with Crippen LogP contribution in [0.4, 0.5) is 4.39 Å². The van der Waals surface area contributed by atoms with Gasteiger partial charge in [-0.1, -0.05) is 24.6 Å². The maximum atomic E-state index is 13.2. The molecule has 0 amide bonds. The average Bonchev–Trinajstić information content (AvgIpc) is 3.17. The van der Waals surface area contributed by atoms with Crippen molar-refractivity contribution in [2.45, 2.75) is 38.8 Å². The molecule has 0 bridgehead atoms. The lowest BCUT2D eigenvalue weighted by atomic mass is 10.2. The highest BCUT2D eigenvalue weighted by molar-refractivity contribution is 7.07. The van der Waals surface area contributed by atoms with Gasteiger partial charge < -0.3 is 4.57 Å². The molecule has 0 fully saturated rings. The predicted octanol–water partition coefficient (Wildman–Crippen LogP) is 2.10. The van der Waals surface area contributed by atoms with E-state index in [1.807, 2.05) is 4.57 Å². The minimum atomic E-state index is -0.337. The van der Waals surface area contributed by atoms with E-state index >= 15 is 0 Å². The number of halogens is 1. The second-order valence-corrected chi connectivity index (χ2v) is 8.09. The molecule has 1 aromatic carbocycles. The first-order valence-corrected chi connectivity index (χ1v) is 10.6. The number of thiazole rings is 1. The van der Waals surface area contributed by atoms with Crippen LogP contribution in [0.3, 0.4) is 0 Å². The summed E-state index contributed by atoms with van der Waals surface area (Å²) in [6.45, 7) is 4.77. The Morgan fingerprint density at radius 2 is 2.07 bits per heavy atom. The van der Waals surface area contributed by atoms with Crippen LogP contribution in [0.5, 0.6) is 0 Å². The Morgan fingerprint density at radius 1 is 1.27 bits per heavy atom. The molecule has 4 rings (SSSR count). The largest absolute Gasteiger partial charge is 0.310 e. The average molecular weight is 422 g/mol. The second kappa shape index (κ2) is 8.59. The minimum Gasteiger partial charge on any atom is -0.310 e. The number of nitriles is 1. The summed E-state index contributed by atoms with van der Waals surface area (Å²) in [5, 5.41) is 18.6. The monoisotopic (exact) mass is 421 g/mol. The van der Waals surface area contributed by atoms with Gasteiger partial charge >= 0.3 is 0 Å². The first-order valence-electron chi connectivity index (χ1n) is 9.77. The summed E-state index contributed by atoms with van der Waals surface area (Å²) in [4.78, 5) is 13.0. The molecular weight excluding hydrogens is 401 g/mol. The molecule has 0 radical (unpaired) electrons. The van der Waals surface area contributed by atoms with Crippen molar-refractivity contribution in [1.29, 1.82) is 5.26 Å². The van der Waals surface area contributed by atoms with Gasteiger partial charge in [0.05, 0.1) is 4.53 Å². The molecule has 0 spiro atoms. The van der Waals surface area contributed by atoms with E-state index < -0.39 is 0 Å². The number of benzene rings is 1. The summed E-state index contributed by atoms with van der Waals surface area (Å²) in [5.74, 6) is 1.04. The summed E-state index contributed by atoms with van der Waals surface area (Å²) in [5.41, 5.74) is 0.822. The van der Waals surface area contributed by atoms with Crippen LogP contribution in [-0.2, 0) is 19.5 Å². The molecule has 1 aliphatic heterocycles. The first kappa shape index (κ1) is 20.0. The smallest absolute Gasteiger partial charge is 0.269 e. The summed E-state index contributed by atoms with van der Waals surface area (Å²) in [6.07, 6.45) is 7.33. The van der Waals surface area contributed by atoms with Gasteiger partial charge in [-0.25, -0.2) is 4.39 Å². The fourth-order valence-corrected chi connectivity index (χ4v) is 4.68. The van der Waals surface area contributed by atoms with Crippen molar-refractivity contribution in [2.24, 2.45) is 0 Å². The van der Waals surface area contributed by atoms with Gasteiger partial charge in [0, 0.05) is 19.5 Å². The van der Waals surface area contributed by atoms with E-state index in [1.54, 1.807) is 24.3 Å². The Hall–Kier alpha value is -3.31.